The summed E-state index contributed by atoms with van der Waals surface area (Å²) >= 11 is 11.8. The van der Waals surface area contributed by atoms with E-state index < -0.39 is 11.9 Å². The van der Waals surface area contributed by atoms with E-state index in [1.54, 1.807) is 24.3 Å². The average molecular weight is 409 g/mol. The predicted octanol–water partition coefficient (Wildman–Crippen LogP) is 6.34. The van der Waals surface area contributed by atoms with Gasteiger partial charge in [-0.05, 0) is 42.8 Å². The second-order valence-corrected chi connectivity index (χ2v) is 6.94. The monoisotopic (exact) mass is 408 g/mol. The zero-order valence-electron chi connectivity index (χ0n) is 15.2. The van der Waals surface area contributed by atoms with Crippen LogP contribution >= 0.6 is 23.2 Å². The number of unbranched alkanes of at least 4 members (excludes halogenated alkanes) is 4. The molecule has 0 aliphatic rings. The first-order valence-electron chi connectivity index (χ1n) is 8.95. The van der Waals surface area contributed by atoms with Crippen LogP contribution in [0.2, 0.25) is 10.0 Å². The highest BCUT2D eigenvalue weighted by molar-refractivity contribution is 6.35. The third kappa shape index (κ3) is 6.89. The van der Waals surface area contributed by atoms with Crippen molar-refractivity contribution in [3.8, 4) is 5.75 Å². The second-order valence-electron chi connectivity index (χ2n) is 6.10. The van der Waals surface area contributed by atoms with Crippen molar-refractivity contribution in [3.63, 3.8) is 0 Å². The first kappa shape index (κ1) is 21.3. The molecule has 2 rings (SSSR count). The maximum Gasteiger partial charge on any atom is 0.343 e. The predicted molar refractivity (Wildman–Crippen MR) is 107 cm³/mol. The molecule has 6 heteroatoms. The lowest BCUT2D eigenvalue weighted by molar-refractivity contribution is 0.0497. The van der Waals surface area contributed by atoms with Crippen molar-refractivity contribution in [1.82, 2.24) is 0 Å². The minimum absolute atomic E-state index is 0.200. The molecule has 0 aliphatic heterocycles. The number of ether oxygens (including phenoxy) is 2. The Morgan fingerprint density at radius 3 is 2.30 bits per heavy atom. The van der Waals surface area contributed by atoms with Gasteiger partial charge in [0.1, 0.15) is 5.75 Å². The van der Waals surface area contributed by atoms with Gasteiger partial charge in [0.15, 0.2) is 0 Å². The highest BCUT2D eigenvalue weighted by atomic mass is 35.5. The van der Waals surface area contributed by atoms with Gasteiger partial charge in [0.2, 0.25) is 0 Å². The number of carbonyl (C=O) groups excluding carboxylic acids is 2. The molecule has 0 aliphatic carbocycles. The summed E-state index contributed by atoms with van der Waals surface area (Å²) in [6.07, 6.45) is 5.38. The molecular weight excluding hydrogens is 387 g/mol. The average Bonchev–Trinajstić information content (AvgIpc) is 2.66. The van der Waals surface area contributed by atoms with Crippen molar-refractivity contribution in [2.24, 2.45) is 0 Å². The molecule has 0 amide bonds. The SMILES string of the molecule is CCCCCCCOC(=O)c1cccc(C(=O)Oc2ccc(Cl)cc2Cl)c1. The van der Waals surface area contributed by atoms with Crippen LogP contribution in [0.5, 0.6) is 5.75 Å². The molecule has 0 N–H and O–H groups in total. The van der Waals surface area contributed by atoms with E-state index in [-0.39, 0.29) is 16.3 Å². The van der Waals surface area contributed by atoms with Crippen LogP contribution < -0.4 is 4.74 Å². The standard InChI is InChI=1S/C21H22Cl2O4/c1-2-3-4-5-6-12-26-20(24)15-8-7-9-16(13-15)21(25)27-19-11-10-17(22)14-18(19)23/h7-11,13-14H,2-6,12H2,1H3. The van der Waals surface area contributed by atoms with E-state index in [1.807, 2.05) is 0 Å². The van der Waals surface area contributed by atoms with E-state index in [2.05, 4.69) is 6.92 Å². The molecule has 4 nitrogen and oxygen atoms in total. The largest absolute Gasteiger partial charge is 0.462 e. The third-order valence-corrected chi connectivity index (χ3v) is 4.44. The number of benzene rings is 2. The van der Waals surface area contributed by atoms with Gasteiger partial charge in [-0.2, -0.15) is 0 Å². The molecule has 0 unspecified atom stereocenters. The van der Waals surface area contributed by atoms with Gasteiger partial charge in [0, 0.05) is 5.02 Å². The van der Waals surface area contributed by atoms with Crippen LogP contribution in [-0.4, -0.2) is 18.5 Å². The molecule has 0 fully saturated rings. The summed E-state index contributed by atoms with van der Waals surface area (Å²) in [6.45, 7) is 2.52. The minimum atomic E-state index is -0.617. The second kappa shape index (κ2) is 11.0. The maximum atomic E-state index is 12.3. The number of hydrogen-bond acceptors (Lipinski definition) is 4. The molecule has 0 saturated heterocycles. The lowest BCUT2D eigenvalue weighted by Gasteiger charge is -2.08. The Morgan fingerprint density at radius 2 is 1.59 bits per heavy atom. The van der Waals surface area contributed by atoms with Crippen molar-refractivity contribution in [2.75, 3.05) is 6.61 Å². The van der Waals surface area contributed by atoms with Crippen LogP contribution in [-0.2, 0) is 4.74 Å². The molecule has 0 radical (unpaired) electrons. The van der Waals surface area contributed by atoms with Gasteiger partial charge in [-0.3, -0.25) is 0 Å². The molecule has 0 atom stereocenters. The minimum Gasteiger partial charge on any atom is -0.462 e. The van der Waals surface area contributed by atoms with E-state index in [1.165, 1.54) is 31.0 Å². The highest BCUT2D eigenvalue weighted by Crippen LogP contribution is 2.28. The summed E-state index contributed by atoms with van der Waals surface area (Å²) in [4.78, 5) is 24.5. The van der Waals surface area contributed by atoms with Crippen LogP contribution in [0.4, 0.5) is 0 Å². The topological polar surface area (TPSA) is 52.6 Å². The number of halogens is 2. The first-order chi connectivity index (χ1) is 13.0. The van der Waals surface area contributed by atoms with Gasteiger partial charge in [-0.15, -0.1) is 0 Å². The summed E-state index contributed by atoms with van der Waals surface area (Å²) in [5, 5.41) is 0.675. The zero-order chi connectivity index (χ0) is 19.6. The molecule has 2 aromatic rings. The fourth-order valence-corrected chi connectivity index (χ4v) is 2.89. The first-order valence-corrected chi connectivity index (χ1v) is 9.71. The van der Waals surface area contributed by atoms with Crippen LogP contribution in [0.15, 0.2) is 42.5 Å². The quantitative estimate of drug-likeness (QED) is 0.276. The van der Waals surface area contributed by atoms with E-state index >= 15 is 0 Å². The maximum absolute atomic E-state index is 12.3. The summed E-state index contributed by atoms with van der Waals surface area (Å²) in [5.41, 5.74) is 0.540. The number of rotatable bonds is 9. The Balaban J connectivity index is 1.93. The van der Waals surface area contributed by atoms with Crippen LogP contribution in [0, 0.1) is 0 Å². The van der Waals surface area contributed by atoms with Crippen LogP contribution in [0.1, 0.15) is 59.7 Å². The number of esters is 2. The fraction of sp³-hybridized carbons (Fsp3) is 0.333. The smallest absolute Gasteiger partial charge is 0.343 e. The van der Waals surface area contributed by atoms with Crippen molar-refractivity contribution in [1.29, 1.82) is 0 Å². The molecule has 2 aromatic carbocycles. The van der Waals surface area contributed by atoms with Gasteiger partial charge in [-0.1, -0.05) is 61.9 Å². The normalized spacial score (nSPS) is 10.5. The van der Waals surface area contributed by atoms with Gasteiger partial charge < -0.3 is 9.47 Å². The van der Waals surface area contributed by atoms with Crippen LogP contribution in [0.25, 0.3) is 0 Å². The van der Waals surface area contributed by atoms with Crippen LogP contribution in [0.3, 0.4) is 0 Å². The molecule has 0 heterocycles. The Morgan fingerprint density at radius 1 is 0.889 bits per heavy atom. The summed E-state index contributed by atoms with van der Waals surface area (Å²) in [7, 11) is 0. The van der Waals surface area contributed by atoms with Gasteiger partial charge >= 0.3 is 11.9 Å². The number of hydrogen-bond donors (Lipinski definition) is 0. The molecule has 27 heavy (non-hydrogen) atoms. The van der Waals surface area contributed by atoms with E-state index in [0.29, 0.717) is 17.2 Å². The Hall–Kier alpha value is -2.04. The van der Waals surface area contributed by atoms with Crippen molar-refractivity contribution < 1.29 is 19.1 Å². The fourth-order valence-electron chi connectivity index (χ4n) is 2.44. The van der Waals surface area contributed by atoms with Gasteiger partial charge in [0.25, 0.3) is 0 Å². The molecule has 0 saturated carbocycles. The lowest BCUT2D eigenvalue weighted by Crippen LogP contribution is -2.11. The molecule has 0 spiro atoms. The van der Waals surface area contributed by atoms with Crippen molar-refractivity contribution in [2.45, 2.75) is 39.0 Å². The lowest BCUT2D eigenvalue weighted by atomic mass is 10.1. The zero-order valence-corrected chi connectivity index (χ0v) is 16.7. The van der Waals surface area contributed by atoms with Crippen molar-refractivity contribution >= 4 is 35.1 Å². The van der Waals surface area contributed by atoms with E-state index in [9.17, 15) is 9.59 Å². The Labute approximate surface area is 169 Å². The van der Waals surface area contributed by atoms with E-state index in [4.69, 9.17) is 32.7 Å². The Kier molecular flexibility index (Phi) is 8.62. The summed E-state index contributed by atoms with van der Waals surface area (Å²) in [5.74, 6) is -0.871. The van der Waals surface area contributed by atoms with Crippen molar-refractivity contribution in [3.05, 3.63) is 63.6 Å². The number of carbonyl (C=O) groups is 2. The summed E-state index contributed by atoms with van der Waals surface area (Å²) < 4.78 is 10.5. The van der Waals surface area contributed by atoms with E-state index in [0.717, 1.165) is 19.3 Å². The summed E-state index contributed by atoms with van der Waals surface area (Å²) in [6, 6.07) is 10.8. The van der Waals surface area contributed by atoms with Gasteiger partial charge in [-0.25, -0.2) is 9.59 Å². The molecule has 0 bridgehead atoms. The Bertz CT molecular complexity index is 790. The molecule has 144 valence electrons. The molecular formula is C21H22Cl2O4. The molecule has 0 aromatic heterocycles. The third-order valence-electron chi connectivity index (χ3n) is 3.91. The van der Waals surface area contributed by atoms with Gasteiger partial charge in [0.05, 0.1) is 22.8 Å². The highest BCUT2D eigenvalue weighted by Gasteiger charge is 2.14.